The summed E-state index contributed by atoms with van der Waals surface area (Å²) in [5.74, 6) is -3.47. The van der Waals surface area contributed by atoms with Crippen LogP contribution in [0.3, 0.4) is 0 Å². The van der Waals surface area contributed by atoms with Crippen LogP contribution in [0, 0.1) is 22.6 Å². The topological polar surface area (TPSA) is 74.2 Å². The molecule has 3 rings (SSSR count). The van der Waals surface area contributed by atoms with Gasteiger partial charge in [-0.3, -0.25) is 0 Å². The van der Waals surface area contributed by atoms with Gasteiger partial charge in [0.05, 0.1) is 17.0 Å². The SMILES string of the molecule is CC1(CNC(=O)Nc2ccc(OCc3cccc(C#N)c3)c(F)c2)CC1(F)F. The summed E-state index contributed by atoms with van der Waals surface area (Å²) in [6.07, 6.45) is -0.266. The van der Waals surface area contributed by atoms with Crippen molar-refractivity contribution < 1.29 is 22.7 Å². The van der Waals surface area contributed by atoms with Gasteiger partial charge in [0.15, 0.2) is 11.6 Å². The third kappa shape index (κ3) is 4.36. The van der Waals surface area contributed by atoms with Crippen LogP contribution < -0.4 is 15.4 Å². The molecule has 0 aliphatic heterocycles. The highest BCUT2D eigenvalue weighted by Gasteiger charge is 2.67. The number of benzene rings is 2. The van der Waals surface area contributed by atoms with Gasteiger partial charge in [0.2, 0.25) is 0 Å². The lowest BCUT2D eigenvalue weighted by Gasteiger charge is -2.13. The van der Waals surface area contributed by atoms with E-state index in [1.165, 1.54) is 19.1 Å². The number of hydrogen-bond donors (Lipinski definition) is 2. The molecule has 0 spiro atoms. The molecule has 2 aromatic rings. The first-order chi connectivity index (χ1) is 13.2. The van der Waals surface area contributed by atoms with Gasteiger partial charge in [-0.1, -0.05) is 19.1 Å². The van der Waals surface area contributed by atoms with Crippen LogP contribution in [0.15, 0.2) is 42.5 Å². The number of nitrogens with zero attached hydrogens (tertiary/aromatic N) is 1. The van der Waals surface area contributed by atoms with Gasteiger partial charge in [0.25, 0.3) is 5.92 Å². The maximum atomic E-state index is 14.2. The Labute approximate surface area is 160 Å². The molecule has 1 aliphatic carbocycles. The Balaban J connectivity index is 1.53. The van der Waals surface area contributed by atoms with E-state index in [4.69, 9.17) is 10.00 Å². The van der Waals surface area contributed by atoms with E-state index in [0.29, 0.717) is 11.1 Å². The zero-order valence-corrected chi connectivity index (χ0v) is 15.1. The molecule has 5 nitrogen and oxygen atoms in total. The lowest BCUT2D eigenvalue weighted by atomic mass is 10.1. The van der Waals surface area contributed by atoms with Crippen LogP contribution in [0.5, 0.6) is 5.75 Å². The van der Waals surface area contributed by atoms with Crippen LogP contribution in [0.2, 0.25) is 0 Å². The number of halogens is 3. The molecule has 1 fully saturated rings. The summed E-state index contributed by atoms with van der Waals surface area (Å²) < 4.78 is 45.9. The molecular formula is C20H18F3N3O2. The van der Waals surface area contributed by atoms with Gasteiger partial charge in [-0.2, -0.15) is 5.26 Å². The Bertz CT molecular complexity index is 943. The first-order valence-electron chi connectivity index (χ1n) is 8.56. The van der Waals surface area contributed by atoms with Gasteiger partial charge < -0.3 is 15.4 Å². The second-order valence-electron chi connectivity index (χ2n) is 7.00. The van der Waals surface area contributed by atoms with E-state index in [9.17, 15) is 18.0 Å². The molecule has 1 atom stereocenters. The van der Waals surface area contributed by atoms with E-state index in [2.05, 4.69) is 10.6 Å². The molecule has 2 aromatic carbocycles. The van der Waals surface area contributed by atoms with E-state index in [-0.39, 0.29) is 31.0 Å². The normalized spacial score (nSPS) is 19.4. The zero-order chi connectivity index (χ0) is 20.4. The monoisotopic (exact) mass is 389 g/mol. The molecule has 0 bridgehead atoms. The summed E-state index contributed by atoms with van der Waals surface area (Å²) in [6, 6.07) is 12.0. The molecule has 28 heavy (non-hydrogen) atoms. The summed E-state index contributed by atoms with van der Waals surface area (Å²) in [5, 5.41) is 13.6. The lowest BCUT2D eigenvalue weighted by Crippen LogP contribution is -2.34. The molecule has 1 saturated carbocycles. The van der Waals surface area contributed by atoms with Crippen LogP contribution >= 0.6 is 0 Å². The summed E-state index contributed by atoms with van der Waals surface area (Å²) in [6.45, 7) is 1.30. The Morgan fingerprint density at radius 2 is 2.04 bits per heavy atom. The fourth-order valence-electron chi connectivity index (χ4n) is 2.68. The van der Waals surface area contributed by atoms with E-state index < -0.39 is 23.2 Å². The molecule has 2 amide bonds. The molecule has 0 heterocycles. The molecule has 8 heteroatoms. The minimum Gasteiger partial charge on any atom is -0.486 e. The number of hydrogen-bond acceptors (Lipinski definition) is 3. The molecule has 0 radical (unpaired) electrons. The number of nitrogens with one attached hydrogen (secondary N) is 2. The summed E-state index contributed by atoms with van der Waals surface area (Å²) in [7, 11) is 0. The Hall–Kier alpha value is -3.21. The Kier molecular flexibility index (Phi) is 5.18. The molecule has 0 aromatic heterocycles. The first kappa shape index (κ1) is 19.5. The van der Waals surface area contributed by atoms with Crippen molar-refractivity contribution in [3.8, 4) is 11.8 Å². The van der Waals surface area contributed by atoms with Gasteiger partial charge in [-0.25, -0.2) is 18.0 Å². The van der Waals surface area contributed by atoms with Crippen molar-refractivity contribution in [1.29, 1.82) is 5.26 Å². The molecular weight excluding hydrogens is 371 g/mol. The van der Waals surface area contributed by atoms with Crippen molar-refractivity contribution in [2.24, 2.45) is 5.41 Å². The van der Waals surface area contributed by atoms with Gasteiger partial charge in [-0.15, -0.1) is 0 Å². The number of alkyl halides is 2. The molecule has 1 unspecified atom stereocenters. The van der Waals surface area contributed by atoms with Crippen LogP contribution in [0.1, 0.15) is 24.5 Å². The smallest absolute Gasteiger partial charge is 0.319 e. The predicted octanol–water partition coefficient (Wildman–Crippen LogP) is 4.44. The predicted molar refractivity (Wildman–Crippen MR) is 96.6 cm³/mol. The molecule has 1 aliphatic rings. The van der Waals surface area contributed by atoms with Gasteiger partial charge >= 0.3 is 6.03 Å². The fourth-order valence-corrected chi connectivity index (χ4v) is 2.68. The minimum atomic E-state index is -2.77. The quantitative estimate of drug-likeness (QED) is 0.767. The largest absolute Gasteiger partial charge is 0.486 e. The number of ether oxygens (including phenoxy) is 1. The zero-order valence-electron chi connectivity index (χ0n) is 15.1. The van der Waals surface area contributed by atoms with Gasteiger partial charge in [0, 0.05) is 24.7 Å². The summed E-state index contributed by atoms with van der Waals surface area (Å²) in [4.78, 5) is 11.8. The standard InChI is InChI=1S/C20H18F3N3O2/c1-19(11-20(19,22)23)12-25-18(27)26-15-5-6-17(16(21)8-15)28-10-14-4-2-3-13(7-14)9-24/h2-8H,10-12H2,1H3,(H2,25,26,27). The number of amides is 2. The molecule has 2 N–H and O–H groups in total. The Morgan fingerprint density at radius 3 is 2.68 bits per heavy atom. The number of carbonyl (C=O) groups is 1. The first-order valence-corrected chi connectivity index (χ1v) is 8.56. The maximum absolute atomic E-state index is 14.2. The minimum absolute atomic E-state index is 0.0153. The van der Waals surface area contributed by atoms with Crippen LogP contribution in [0.25, 0.3) is 0 Å². The van der Waals surface area contributed by atoms with Crippen molar-refractivity contribution in [1.82, 2.24) is 5.32 Å². The average molecular weight is 389 g/mol. The summed E-state index contributed by atoms with van der Waals surface area (Å²) in [5.41, 5.74) is 0.132. The van der Waals surface area contributed by atoms with E-state index in [1.54, 1.807) is 24.3 Å². The number of anilines is 1. The van der Waals surface area contributed by atoms with Crippen LogP contribution in [-0.2, 0) is 6.61 Å². The third-order valence-corrected chi connectivity index (χ3v) is 4.65. The van der Waals surface area contributed by atoms with Crippen molar-refractivity contribution in [2.45, 2.75) is 25.9 Å². The highest BCUT2D eigenvalue weighted by atomic mass is 19.3. The third-order valence-electron chi connectivity index (χ3n) is 4.65. The van der Waals surface area contributed by atoms with E-state index in [0.717, 1.165) is 6.07 Å². The van der Waals surface area contributed by atoms with Gasteiger partial charge in [0.1, 0.15) is 6.61 Å². The highest BCUT2D eigenvalue weighted by molar-refractivity contribution is 5.89. The average Bonchev–Trinajstić information content (AvgIpc) is 3.17. The van der Waals surface area contributed by atoms with Crippen molar-refractivity contribution in [3.05, 3.63) is 59.4 Å². The number of urea groups is 1. The van der Waals surface area contributed by atoms with Crippen LogP contribution in [-0.4, -0.2) is 18.5 Å². The fraction of sp³-hybridized carbons (Fsp3) is 0.300. The van der Waals surface area contributed by atoms with Crippen molar-refractivity contribution >= 4 is 11.7 Å². The maximum Gasteiger partial charge on any atom is 0.319 e. The number of carbonyl (C=O) groups excluding carboxylic acids is 1. The highest BCUT2D eigenvalue weighted by Crippen LogP contribution is 2.59. The Morgan fingerprint density at radius 1 is 1.29 bits per heavy atom. The van der Waals surface area contributed by atoms with E-state index >= 15 is 0 Å². The van der Waals surface area contributed by atoms with Crippen molar-refractivity contribution in [3.63, 3.8) is 0 Å². The summed E-state index contributed by atoms with van der Waals surface area (Å²) >= 11 is 0. The van der Waals surface area contributed by atoms with Gasteiger partial charge in [-0.05, 0) is 29.8 Å². The van der Waals surface area contributed by atoms with Crippen molar-refractivity contribution in [2.75, 3.05) is 11.9 Å². The second-order valence-corrected chi connectivity index (χ2v) is 7.00. The van der Waals surface area contributed by atoms with Crippen LogP contribution in [0.4, 0.5) is 23.7 Å². The van der Waals surface area contributed by atoms with E-state index in [1.807, 2.05) is 6.07 Å². The second kappa shape index (κ2) is 7.43. The lowest BCUT2D eigenvalue weighted by molar-refractivity contribution is 0.0709. The number of rotatable bonds is 6. The molecule has 0 saturated heterocycles. The molecule has 146 valence electrons. The number of nitriles is 1.